The molecule has 0 aliphatic heterocycles. The van der Waals surface area contributed by atoms with Crippen molar-refractivity contribution in [2.75, 3.05) is 0 Å². The molecular weight excluding hydrogens is 356 g/mol. The van der Waals surface area contributed by atoms with E-state index < -0.39 is 0 Å². The number of carbonyl (C=O) groups is 1. The van der Waals surface area contributed by atoms with E-state index in [0.29, 0.717) is 23.9 Å². The molecule has 2 aromatic carbocycles. The molecule has 0 saturated carbocycles. The van der Waals surface area contributed by atoms with Crippen molar-refractivity contribution in [3.05, 3.63) is 80.8 Å². The highest BCUT2D eigenvalue weighted by Gasteiger charge is 2.11. The van der Waals surface area contributed by atoms with Crippen LogP contribution in [0.4, 0.5) is 0 Å². The van der Waals surface area contributed by atoms with E-state index in [4.69, 9.17) is 16.3 Å². The molecular formula is C19H17ClN2O2S. The molecule has 0 fully saturated rings. The molecule has 1 N–H and O–H groups in total. The van der Waals surface area contributed by atoms with E-state index in [1.807, 2.05) is 49.4 Å². The molecule has 25 heavy (non-hydrogen) atoms. The first-order valence-corrected chi connectivity index (χ1v) is 9.03. The lowest BCUT2D eigenvalue weighted by atomic mass is 10.2. The Morgan fingerprint density at radius 2 is 2.04 bits per heavy atom. The largest absolute Gasteiger partial charge is 0.486 e. The molecule has 128 valence electrons. The molecule has 1 aromatic heterocycles. The van der Waals surface area contributed by atoms with E-state index in [1.54, 1.807) is 11.4 Å². The van der Waals surface area contributed by atoms with Crippen LogP contribution in [0.25, 0.3) is 0 Å². The summed E-state index contributed by atoms with van der Waals surface area (Å²) in [5, 5.41) is 6.06. The highest BCUT2D eigenvalue weighted by atomic mass is 35.5. The van der Waals surface area contributed by atoms with Gasteiger partial charge in [-0.25, -0.2) is 4.98 Å². The van der Waals surface area contributed by atoms with Crippen molar-refractivity contribution >= 4 is 28.8 Å². The maximum absolute atomic E-state index is 12.2. The highest BCUT2D eigenvalue weighted by molar-refractivity contribution is 7.09. The van der Waals surface area contributed by atoms with Crippen LogP contribution in [-0.4, -0.2) is 10.9 Å². The summed E-state index contributed by atoms with van der Waals surface area (Å²) in [5.74, 6) is 0.542. The number of amides is 1. The van der Waals surface area contributed by atoms with E-state index in [0.717, 1.165) is 21.9 Å². The Kier molecular flexibility index (Phi) is 5.68. The van der Waals surface area contributed by atoms with Gasteiger partial charge in [-0.2, -0.15) is 0 Å². The number of nitrogens with one attached hydrogen (secondary N) is 1. The number of halogens is 1. The third-order valence-electron chi connectivity index (χ3n) is 3.57. The van der Waals surface area contributed by atoms with Gasteiger partial charge in [0.25, 0.3) is 5.91 Å². The topological polar surface area (TPSA) is 51.2 Å². The van der Waals surface area contributed by atoms with E-state index >= 15 is 0 Å². The Bertz CT molecular complexity index is 865. The van der Waals surface area contributed by atoms with Crippen molar-refractivity contribution < 1.29 is 9.53 Å². The predicted molar refractivity (Wildman–Crippen MR) is 100 cm³/mol. The SMILES string of the molecule is Cc1cc(OCc2nc(C(=O)NCc3ccccc3)cs2)ccc1Cl. The molecule has 6 heteroatoms. The smallest absolute Gasteiger partial charge is 0.271 e. The molecule has 0 bridgehead atoms. The summed E-state index contributed by atoms with van der Waals surface area (Å²) in [6, 6.07) is 15.3. The number of hydrogen-bond donors (Lipinski definition) is 1. The van der Waals surface area contributed by atoms with E-state index in [2.05, 4.69) is 10.3 Å². The van der Waals surface area contributed by atoms with Crippen molar-refractivity contribution in [3.63, 3.8) is 0 Å². The summed E-state index contributed by atoms with van der Waals surface area (Å²) in [4.78, 5) is 16.5. The number of carbonyl (C=O) groups excluding carboxylic acids is 1. The Morgan fingerprint density at radius 3 is 2.80 bits per heavy atom. The van der Waals surface area contributed by atoms with Crippen LogP contribution >= 0.6 is 22.9 Å². The lowest BCUT2D eigenvalue weighted by Gasteiger charge is -2.06. The summed E-state index contributed by atoms with van der Waals surface area (Å²) in [5.41, 5.74) is 2.42. The van der Waals surface area contributed by atoms with Crippen LogP contribution in [0.5, 0.6) is 5.75 Å². The van der Waals surface area contributed by atoms with Crippen molar-refractivity contribution in [1.29, 1.82) is 0 Å². The number of rotatable bonds is 6. The molecule has 1 amide bonds. The highest BCUT2D eigenvalue weighted by Crippen LogP contribution is 2.22. The van der Waals surface area contributed by atoms with Gasteiger partial charge in [-0.1, -0.05) is 41.9 Å². The van der Waals surface area contributed by atoms with Gasteiger partial charge in [0.1, 0.15) is 23.1 Å². The van der Waals surface area contributed by atoms with Gasteiger partial charge in [-0.05, 0) is 36.2 Å². The first kappa shape index (κ1) is 17.5. The number of hydrogen-bond acceptors (Lipinski definition) is 4. The van der Waals surface area contributed by atoms with Crippen molar-refractivity contribution in [2.24, 2.45) is 0 Å². The molecule has 3 aromatic rings. The van der Waals surface area contributed by atoms with Crippen LogP contribution < -0.4 is 10.1 Å². The first-order valence-electron chi connectivity index (χ1n) is 7.77. The zero-order valence-corrected chi connectivity index (χ0v) is 15.2. The monoisotopic (exact) mass is 372 g/mol. The Labute approximate surface area is 155 Å². The fourth-order valence-electron chi connectivity index (χ4n) is 2.20. The van der Waals surface area contributed by atoms with E-state index in [9.17, 15) is 4.79 Å². The van der Waals surface area contributed by atoms with Crippen molar-refractivity contribution in [1.82, 2.24) is 10.3 Å². The van der Waals surface area contributed by atoms with Gasteiger partial charge < -0.3 is 10.1 Å². The maximum atomic E-state index is 12.2. The van der Waals surface area contributed by atoms with Crippen LogP contribution in [0.15, 0.2) is 53.9 Å². The van der Waals surface area contributed by atoms with Crippen LogP contribution in [-0.2, 0) is 13.2 Å². The lowest BCUT2D eigenvalue weighted by molar-refractivity contribution is 0.0946. The minimum Gasteiger partial charge on any atom is -0.486 e. The summed E-state index contributed by atoms with van der Waals surface area (Å²) in [6.07, 6.45) is 0. The third-order valence-corrected chi connectivity index (χ3v) is 4.82. The Morgan fingerprint density at radius 1 is 1.24 bits per heavy atom. The second kappa shape index (κ2) is 8.14. The number of thiazole rings is 1. The standard InChI is InChI=1S/C19H17ClN2O2S/c1-13-9-15(7-8-16(13)20)24-11-18-22-17(12-25-18)19(23)21-10-14-5-3-2-4-6-14/h2-9,12H,10-11H2,1H3,(H,21,23). The van der Waals surface area contributed by atoms with Gasteiger partial charge >= 0.3 is 0 Å². The summed E-state index contributed by atoms with van der Waals surface area (Å²) < 4.78 is 5.71. The molecule has 0 spiro atoms. The lowest BCUT2D eigenvalue weighted by Crippen LogP contribution is -2.23. The second-order valence-electron chi connectivity index (χ2n) is 5.49. The average Bonchev–Trinajstić information content (AvgIpc) is 3.11. The average molecular weight is 373 g/mol. The van der Waals surface area contributed by atoms with Gasteiger partial charge in [-0.15, -0.1) is 11.3 Å². The fourth-order valence-corrected chi connectivity index (χ4v) is 3.01. The normalized spacial score (nSPS) is 10.5. The van der Waals surface area contributed by atoms with Crippen LogP contribution in [0.3, 0.4) is 0 Å². The third kappa shape index (κ3) is 4.81. The number of benzene rings is 2. The fraction of sp³-hybridized carbons (Fsp3) is 0.158. The minimum atomic E-state index is -0.186. The molecule has 0 radical (unpaired) electrons. The quantitative estimate of drug-likeness (QED) is 0.687. The van der Waals surface area contributed by atoms with Gasteiger partial charge in [0.05, 0.1) is 0 Å². The summed E-state index contributed by atoms with van der Waals surface area (Å²) in [7, 11) is 0. The molecule has 3 rings (SSSR count). The second-order valence-corrected chi connectivity index (χ2v) is 6.84. The minimum absolute atomic E-state index is 0.186. The van der Waals surface area contributed by atoms with E-state index in [-0.39, 0.29) is 5.91 Å². The number of aryl methyl sites for hydroxylation is 1. The van der Waals surface area contributed by atoms with Crippen molar-refractivity contribution in [3.8, 4) is 5.75 Å². The van der Waals surface area contributed by atoms with Crippen LogP contribution in [0.1, 0.15) is 26.6 Å². The summed E-state index contributed by atoms with van der Waals surface area (Å²) in [6.45, 7) is 2.72. The zero-order valence-electron chi connectivity index (χ0n) is 13.7. The molecule has 0 aliphatic rings. The van der Waals surface area contributed by atoms with E-state index in [1.165, 1.54) is 11.3 Å². The zero-order chi connectivity index (χ0) is 17.6. The van der Waals surface area contributed by atoms with Crippen molar-refractivity contribution in [2.45, 2.75) is 20.1 Å². The van der Waals surface area contributed by atoms with Crippen LogP contribution in [0, 0.1) is 6.92 Å². The Hall–Kier alpha value is -2.37. The van der Waals surface area contributed by atoms with Gasteiger partial charge in [0.15, 0.2) is 0 Å². The molecule has 4 nitrogen and oxygen atoms in total. The van der Waals surface area contributed by atoms with Gasteiger partial charge in [0, 0.05) is 16.9 Å². The number of ether oxygens (including phenoxy) is 1. The first-order chi connectivity index (χ1) is 12.1. The maximum Gasteiger partial charge on any atom is 0.271 e. The van der Waals surface area contributed by atoms with Gasteiger partial charge in [-0.3, -0.25) is 4.79 Å². The molecule has 0 unspecified atom stereocenters. The molecule has 0 saturated heterocycles. The number of nitrogens with zero attached hydrogens (tertiary/aromatic N) is 1. The Balaban J connectivity index is 1.54. The predicted octanol–water partition coefficient (Wildman–Crippen LogP) is 4.61. The molecule has 0 atom stereocenters. The summed E-state index contributed by atoms with van der Waals surface area (Å²) >= 11 is 7.40. The van der Waals surface area contributed by atoms with Gasteiger partial charge in [0.2, 0.25) is 0 Å². The molecule has 1 heterocycles. The molecule has 0 aliphatic carbocycles. The van der Waals surface area contributed by atoms with Crippen LogP contribution in [0.2, 0.25) is 5.02 Å². The number of aromatic nitrogens is 1.